The van der Waals surface area contributed by atoms with E-state index in [1.165, 1.54) is 30.4 Å². The fourth-order valence-electron chi connectivity index (χ4n) is 3.21. The zero-order valence-corrected chi connectivity index (χ0v) is 17.1. The van der Waals surface area contributed by atoms with Gasteiger partial charge in [0, 0.05) is 4.88 Å². The quantitative estimate of drug-likeness (QED) is 0.695. The lowest BCUT2D eigenvalue weighted by molar-refractivity contribution is -0.123. The van der Waals surface area contributed by atoms with Crippen LogP contribution in [0.25, 0.3) is 0 Å². The van der Waals surface area contributed by atoms with Gasteiger partial charge in [0.25, 0.3) is 5.91 Å². The van der Waals surface area contributed by atoms with Crippen molar-refractivity contribution in [2.24, 2.45) is 0 Å². The molecule has 1 heterocycles. The Balaban J connectivity index is 1.76. The van der Waals surface area contributed by atoms with Crippen LogP contribution in [0.15, 0.2) is 24.3 Å². The van der Waals surface area contributed by atoms with Crippen LogP contribution in [0.2, 0.25) is 0 Å². The highest BCUT2D eigenvalue weighted by molar-refractivity contribution is 7.17. The first-order chi connectivity index (χ1) is 13.9. The van der Waals surface area contributed by atoms with E-state index in [1.54, 1.807) is 19.1 Å². The first kappa shape index (κ1) is 20.9. The number of amides is 1. The summed E-state index contributed by atoms with van der Waals surface area (Å²) in [4.78, 5) is 38.4. The van der Waals surface area contributed by atoms with Crippen molar-refractivity contribution in [3.63, 3.8) is 0 Å². The molecule has 0 spiro atoms. The Hall–Kier alpha value is -2.87. The van der Waals surface area contributed by atoms with Crippen LogP contribution in [0.4, 0.5) is 5.00 Å². The first-order valence-corrected chi connectivity index (χ1v) is 10.4. The van der Waals surface area contributed by atoms with E-state index >= 15 is 0 Å². The number of phenols is 1. The van der Waals surface area contributed by atoms with Gasteiger partial charge in [-0.2, -0.15) is 0 Å². The highest BCUT2D eigenvalue weighted by Crippen LogP contribution is 2.38. The smallest absolute Gasteiger partial charge is 0.342 e. The molecule has 0 bridgehead atoms. The van der Waals surface area contributed by atoms with Gasteiger partial charge in [-0.1, -0.05) is 12.1 Å². The van der Waals surface area contributed by atoms with Crippen LogP contribution < -0.4 is 5.32 Å². The van der Waals surface area contributed by atoms with E-state index in [0.717, 1.165) is 36.1 Å². The monoisotopic (exact) mass is 417 g/mol. The summed E-state index contributed by atoms with van der Waals surface area (Å²) in [7, 11) is 0. The number of hydrogen-bond donors (Lipinski definition) is 2. The summed E-state index contributed by atoms with van der Waals surface area (Å²) in [6.45, 7) is 3.41. The van der Waals surface area contributed by atoms with Crippen molar-refractivity contribution < 1.29 is 29.0 Å². The molecular weight excluding hydrogens is 394 g/mol. The number of hydrogen-bond acceptors (Lipinski definition) is 7. The Kier molecular flexibility index (Phi) is 6.53. The number of carbonyl (C=O) groups excluding carboxylic acids is 3. The molecule has 3 rings (SSSR count). The Morgan fingerprint density at radius 2 is 1.90 bits per heavy atom. The van der Waals surface area contributed by atoms with Gasteiger partial charge in [-0.3, -0.25) is 4.79 Å². The van der Waals surface area contributed by atoms with Crippen molar-refractivity contribution in [3.05, 3.63) is 45.8 Å². The van der Waals surface area contributed by atoms with Crippen LogP contribution in [0, 0.1) is 0 Å². The average molecular weight is 417 g/mol. The molecule has 0 aliphatic heterocycles. The van der Waals surface area contributed by atoms with E-state index in [1.807, 2.05) is 0 Å². The normalized spacial score (nSPS) is 13.9. The molecule has 1 atom stereocenters. The third kappa shape index (κ3) is 4.59. The molecule has 1 aliphatic carbocycles. The van der Waals surface area contributed by atoms with Crippen LogP contribution in [-0.4, -0.2) is 35.7 Å². The Bertz CT molecular complexity index is 935. The van der Waals surface area contributed by atoms with E-state index in [4.69, 9.17) is 9.47 Å². The van der Waals surface area contributed by atoms with Crippen molar-refractivity contribution in [3.8, 4) is 5.75 Å². The number of phenolic OH excluding ortho intramolecular Hbond substituents is 1. The first-order valence-electron chi connectivity index (χ1n) is 9.53. The molecule has 7 nitrogen and oxygen atoms in total. The van der Waals surface area contributed by atoms with Crippen molar-refractivity contribution >= 4 is 34.2 Å². The number of benzene rings is 1. The molecule has 1 aromatic heterocycles. The molecule has 0 saturated heterocycles. The molecule has 0 radical (unpaired) electrons. The van der Waals surface area contributed by atoms with Gasteiger partial charge in [-0.05, 0) is 57.2 Å². The molecule has 154 valence electrons. The van der Waals surface area contributed by atoms with Crippen LogP contribution in [0.3, 0.4) is 0 Å². The molecular formula is C21H23NO6S. The van der Waals surface area contributed by atoms with Gasteiger partial charge in [0.05, 0.1) is 12.2 Å². The summed E-state index contributed by atoms with van der Waals surface area (Å²) < 4.78 is 10.4. The molecule has 0 saturated carbocycles. The number of fused-ring (bicyclic) bond motifs is 1. The molecule has 2 aromatic rings. The number of para-hydroxylation sites is 1. The lowest BCUT2D eigenvalue weighted by Gasteiger charge is -2.14. The summed E-state index contributed by atoms with van der Waals surface area (Å²) in [5.41, 5.74) is 1.32. The number of thiophene rings is 1. The summed E-state index contributed by atoms with van der Waals surface area (Å²) in [5, 5.41) is 12.9. The zero-order chi connectivity index (χ0) is 21.0. The Labute approximate surface area is 172 Å². The van der Waals surface area contributed by atoms with Crippen LogP contribution in [0.1, 0.15) is 57.8 Å². The number of anilines is 1. The molecule has 1 aromatic carbocycles. The zero-order valence-electron chi connectivity index (χ0n) is 16.3. The van der Waals surface area contributed by atoms with E-state index in [-0.39, 0.29) is 17.9 Å². The minimum Gasteiger partial charge on any atom is -0.507 e. The highest BCUT2D eigenvalue weighted by Gasteiger charge is 2.29. The third-order valence-electron chi connectivity index (χ3n) is 4.66. The molecule has 1 aliphatic rings. The minimum atomic E-state index is -1.11. The maximum atomic E-state index is 12.6. The summed E-state index contributed by atoms with van der Waals surface area (Å²) in [5.74, 6) is -2.04. The summed E-state index contributed by atoms with van der Waals surface area (Å²) in [6.07, 6.45) is 2.54. The van der Waals surface area contributed by atoms with Crippen molar-refractivity contribution in [1.82, 2.24) is 0 Å². The number of carbonyl (C=O) groups is 3. The standard InChI is InChI=1S/C21H23NO6S/c1-3-27-21(26)17-14-9-5-7-11-16(14)29-19(17)22-18(24)12(2)28-20(25)13-8-4-6-10-15(13)23/h4,6,8,10,12,23H,3,5,7,9,11H2,1-2H3,(H,22,24)/t12-/m1/s1. The van der Waals surface area contributed by atoms with Gasteiger partial charge in [-0.25, -0.2) is 9.59 Å². The third-order valence-corrected chi connectivity index (χ3v) is 5.87. The van der Waals surface area contributed by atoms with Crippen LogP contribution >= 0.6 is 11.3 Å². The van der Waals surface area contributed by atoms with Crippen molar-refractivity contribution in [2.75, 3.05) is 11.9 Å². The topological polar surface area (TPSA) is 102 Å². The minimum absolute atomic E-state index is 0.0223. The SMILES string of the molecule is CCOC(=O)c1c(NC(=O)[C@@H](C)OC(=O)c2ccccc2O)sc2c1CCCC2. The second-order valence-electron chi connectivity index (χ2n) is 6.69. The maximum Gasteiger partial charge on any atom is 0.342 e. The maximum absolute atomic E-state index is 12.6. The molecule has 0 unspecified atom stereocenters. The van der Waals surface area contributed by atoms with Crippen LogP contribution in [-0.2, 0) is 27.1 Å². The average Bonchev–Trinajstić information content (AvgIpc) is 3.06. The van der Waals surface area contributed by atoms with Crippen LogP contribution in [0.5, 0.6) is 5.75 Å². The number of aryl methyl sites for hydroxylation is 1. The molecule has 8 heteroatoms. The van der Waals surface area contributed by atoms with Crippen molar-refractivity contribution in [2.45, 2.75) is 45.6 Å². The molecule has 2 N–H and O–H groups in total. The van der Waals surface area contributed by atoms with Gasteiger partial charge in [0.15, 0.2) is 6.10 Å². The number of rotatable bonds is 6. The predicted octanol–water partition coefficient (Wildman–Crippen LogP) is 3.69. The Morgan fingerprint density at radius 3 is 2.62 bits per heavy atom. The molecule has 0 fully saturated rings. The van der Waals surface area contributed by atoms with Gasteiger partial charge in [0.1, 0.15) is 16.3 Å². The van der Waals surface area contributed by atoms with E-state index < -0.39 is 23.9 Å². The Morgan fingerprint density at radius 1 is 1.17 bits per heavy atom. The van der Waals surface area contributed by atoms with E-state index in [2.05, 4.69) is 5.32 Å². The summed E-state index contributed by atoms with van der Waals surface area (Å²) in [6, 6.07) is 5.94. The van der Waals surface area contributed by atoms with Crippen molar-refractivity contribution in [1.29, 1.82) is 0 Å². The van der Waals surface area contributed by atoms with E-state index in [0.29, 0.717) is 10.6 Å². The lowest BCUT2D eigenvalue weighted by Crippen LogP contribution is -2.30. The lowest BCUT2D eigenvalue weighted by atomic mass is 9.95. The summed E-state index contributed by atoms with van der Waals surface area (Å²) >= 11 is 1.37. The highest BCUT2D eigenvalue weighted by atomic mass is 32.1. The van der Waals surface area contributed by atoms with Gasteiger partial charge >= 0.3 is 11.9 Å². The number of esters is 2. The fraction of sp³-hybridized carbons (Fsp3) is 0.381. The second kappa shape index (κ2) is 9.09. The fourth-order valence-corrected chi connectivity index (χ4v) is 4.49. The molecule has 1 amide bonds. The number of ether oxygens (including phenoxy) is 2. The van der Waals surface area contributed by atoms with E-state index in [9.17, 15) is 19.5 Å². The van der Waals surface area contributed by atoms with Gasteiger partial charge in [-0.15, -0.1) is 11.3 Å². The predicted molar refractivity (Wildman–Crippen MR) is 109 cm³/mol. The van der Waals surface area contributed by atoms with Gasteiger partial charge < -0.3 is 19.9 Å². The second-order valence-corrected chi connectivity index (χ2v) is 7.79. The number of nitrogens with one attached hydrogen (secondary N) is 1. The largest absolute Gasteiger partial charge is 0.507 e. The molecule has 29 heavy (non-hydrogen) atoms. The number of aromatic hydroxyl groups is 1. The van der Waals surface area contributed by atoms with Gasteiger partial charge in [0.2, 0.25) is 0 Å².